The Balaban J connectivity index is 1.46. The lowest BCUT2D eigenvalue weighted by atomic mass is 9.86. The highest BCUT2D eigenvalue weighted by molar-refractivity contribution is 5.27. The normalized spacial score (nSPS) is 29.5. The van der Waals surface area contributed by atoms with Crippen LogP contribution < -0.4 is 10.1 Å². The lowest BCUT2D eigenvalue weighted by Crippen LogP contribution is -2.15. The third-order valence-corrected chi connectivity index (χ3v) is 4.52. The van der Waals surface area contributed by atoms with E-state index in [1.807, 2.05) is 0 Å². The summed E-state index contributed by atoms with van der Waals surface area (Å²) < 4.78 is 5.08. The van der Waals surface area contributed by atoms with Crippen LogP contribution in [0.5, 0.6) is 5.88 Å². The van der Waals surface area contributed by atoms with Crippen molar-refractivity contribution < 1.29 is 4.74 Å². The molecule has 1 N–H and O–H groups in total. The van der Waals surface area contributed by atoms with Gasteiger partial charge in [-0.2, -0.15) is 4.98 Å². The number of fused-ring (bicyclic) bond motifs is 2. The minimum Gasteiger partial charge on any atom is -0.481 e. The van der Waals surface area contributed by atoms with Crippen molar-refractivity contribution in [1.29, 1.82) is 0 Å². The topological polar surface area (TPSA) is 47.0 Å². The van der Waals surface area contributed by atoms with Gasteiger partial charge in [0.1, 0.15) is 0 Å². The fourth-order valence-corrected chi connectivity index (χ4v) is 3.64. The second-order valence-corrected chi connectivity index (χ2v) is 5.57. The van der Waals surface area contributed by atoms with Crippen LogP contribution in [0.15, 0.2) is 12.3 Å². The Morgan fingerprint density at radius 2 is 2.33 bits per heavy atom. The van der Waals surface area contributed by atoms with E-state index in [2.05, 4.69) is 15.3 Å². The molecule has 0 aromatic carbocycles. The Morgan fingerprint density at radius 1 is 1.39 bits per heavy atom. The molecule has 2 bridgehead atoms. The van der Waals surface area contributed by atoms with Gasteiger partial charge >= 0.3 is 0 Å². The Kier molecular flexibility index (Phi) is 3.35. The highest BCUT2D eigenvalue weighted by atomic mass is 16.5. The molecule has 0 saturated heterocycles. The maximum atomic E-state index is 5.08. The summed E-state index contributed by atoms with van der Waals surface area (Å²) >= 11 is 0. The molecule has 0 amide bonds. The molecule has 4 nitrogen and oxygen atoms in total. The first-order valence-electron chi connectivity index (χ1n) is 6.96. The molecule has 0 aliphatic heterocycles. The van der Waals surface area contributed by atoms with E-state index in [1.165, 1.54) is 32.1 Å². The van der Waals surface area contributed by atoms with Crippen molar-refractivity contribution in [3.05, 3.63) is 12.3 Å². The predicted octanol–water partition coefficient (Wildman–Crippen LogP) is 2.72. The molecule has 3 atom stereocenters. The third-order valence-electron chi connectivity index (χ3n) is 4.52. The van der Waals surface area contributed by atoms with E-state index in [1.54, 1.807) is 19.4 Å². The van der Waals surface area contributed by atoms with Crippen molar-refractivity contribution in [3.8, 4) is 5.88 Å². The zero-order chi connectivity index (χ0) is 12.4. The predicted molar refractivity (Wildman–Crippen MR) is 70.6 cm³/mol. The summed E-state index contributed by atoms with van der Waals surface area (Å²) in [6.45, 7) is 0.973. The molecule has 0 spiro atoms. The number of aromatic nitrogens is 2. The van der Waals surface area contributed by atoms with Crippen molar-refractivity contribution in [2.45, 2.75) is 32.1 Å². The zero-order valence-electron chi connectivity index (χ0n) is 10.9. The molecule has 2 fully saturated rings. The van der Waals surface area contributed by atoms with Crippen molar-refractivity contribution in [2.75, 3.05) is 19.0 Å². The van der Waals surface area contributed by atoms with E-state index in [9.17, 15) is 0 Å². The van der Waals surface area contributed by atoms with Crippen LogP contribution in [-0.4, -0.2) is 23.6 Å². The van der Waals surface area contributed by atoms with Gasteiger partial charge in [0.15, 0.2) is 0 Å². The summed E-state index contributed by atoms with van der Waals surface area (Å²) in [5.74, 6) is 4.27. The average molecular weight is 247 g/mol. The third kappa shape index (κ3) is 2.42. The van der Waals surface area contributed by atoms with Crippen molar-refractivity contribution >= 4 is 5.95 Å². The molecule has 2 saturated carbocycles. The van der Waals surface area contributed by atoms with Crippen LogP contribution in [0.25, 0.3) is 0 Å². The minimum absolute atomic E-state index is 0.618. The van der Waals surface area contributed by atoms with Crippen LogP contribution >= 0.6 is 0 Å². The SMILES string of the molecule is COc1ccnc(NCCC2CC3CCC2C3)n1. The summed E-state index contributed by atoms with van der Waals surface area (Å²) in [5.41, 5.74) is 0. The van der Waals surface area contributed by atoms with Crippen LogP contribution in [0.3, 0.4) is 0 Å². The molecule has 3 rings (SSSR count). The molecule has 2 aliphatic rings. The fourth-order valence-electron chi connectivity index (χ4n) is 3.64. The molecular formula is C14H21N3O. The molecule has 18 heavy (non-hydrogen) atoms. The van der Waals surface area contributed by atoms with E-state index in [0.29, 0.717) is 11.8 Å². The van der Waals surface area contributed by atoms with Gasteiger partial charge in [0.05, 0.1) is 7.11 Å². The van der Waals surface area contributed by atoms with Crippen LogP contribution in [-0.2, 0) is 0 Å². The van der Waals surface area contributed by atoms with Gasteiger partial charge in [-0.15, -0.1) is 0 Å². The molecular weight excluding hydrogens is 226 g/mol. The molecule has 0 radical (unpaired) electrons. The number of hydrogen-bond donors (Lipinski definition) is 1. The number of rotatable bonds is 5. The van der Waals surface area contributed by atoms with E-state index >= 15 is 0 Å². The van der Waals surface area contributed by atoms with Gasteiger partial charge in [0.2, 0.25) is 11.8 Å². The molecule has 98 valence electrons. The number of nitrogens with one attached hydrogen (secondary N) is 1. The molecule has 1 aromatic heterocycles. The van der Waals surface area contributed by atoms with E-state index in [-0.39, 0.29) is 0 Å². The van der Waals surface area contributed by atoms with Crippen LogP contribution in [0.2, 0.25) is 0 Å². The molecule has 1 aromatic rings. The van der Waals surface area contributed by atoms with Crippen LogP contribution in [0.1, 0.15) is 32.1 Å². The largest absolute Gasteiger partial charge is 0.481 e. The second-order valence-electron chi connectivity index (χ2n) is 5.57. The Morgan fingerprint density at radius 3 is 3.06 bits per heavy atom. The highest BCUT2D eigenvalue weighted by Gasteiger charge is 2.38. The van der Waals surface area contributed by atoms with Crippen molar-refractivity contribution in [2.24, 2.45) is 17.8 Å². The molecule has 4 heteroatoms. The summed E-state index contributed by atoms with van der Waals surface area (Å²) in [5, 5.41) is 3.30. The smallest absolute Gasteiger partial charge is 0.225 e. The Labute approximate surface area is 108 Å². The zero-order valence-corrected chi connectivity index (χ0v) is 10.9. The summed E-state index contributed by atoms with van der Waals surface area (Å²) in [7, 11) is 1.63. The summed E-state index contributed by atoms with van der Waals surface area (Å²) in [4.78, 5) is 8.46. The number of hydrogen-bond acceptors (Lipinski definition) is 4. The highest BCUT2D eigenvalue weighted by Crippen LogP contribution is 2.49. The lowest BCUT2D eigenvalue weighted by Gasteiger charge is -2.21. The summed E-state index contributed by atoms with van der Waals surface area (Å²) in [6.07, 6.45) is 8.86. The maximum Gasteiger partial charge on any atom is 0.225 e. The van der Waals surface area contributed by atoms with Gasteiger partial charge in [-0.3, -0.25) is 0 Å². The Hall–Kier alpha value is -1.32. The standard InChI is InChI=1S/C14H21N3O/c1-18-13-5-7-16-14(17-13)15-6-4-12-9-10-2-3-11(12)8-10/h5,7,10-12H,2-4,6,8-9H2,1H3,(H,15,16,17). The average Bonchev–Trinajstić information content (AvgIpc) is 3.01. The Bertz CT molecular complexity index is 410. The number of methoxy groups -OCH3 is 1. The van der Waals surface area contributed by atoms with Gasteiger partial charge < -0.3 is 10.1 Å². The fraction of sp³-hybridized carbons (Fsp3) is 0.714. The maximum absolute atomic E-state index is 5.08. The monoisotopic (exact) mass is 247 g/mol. The number of nitrogens with zero attached hydrogens (tertiary/aromatic N) is 2. The molecule has 2 aliphatic carbocycles. The van der Waals surface area contributed by atoms with Gasteiger partial charge in [-0.25, -0.2) is 4.98 Å². The quantitative estimate of drug-likeness (QED) is 0.869. The van der Waals surface area contributed by atoms with Crippen LogP contribution in [0, 0.1) is 17.8 Å². The molecule has 1 heterocycles. The van der Waals surface area contributed by atoms with E-state index < -0.39 is 0 Å². The minimum atomic E-state index is 0.618. The first-order valence-corrected chi connectivity index (χ1v) is 6.96. The first-order chi connectivity index (χ1) is 8.85. The first kappa shape index (κ1) is 11.8. The van der Waals surface area contributed by atoms with Crippen LogP contribution in [0.4, 0.5) is 5.95 Å². The number of anilines is 1. The van der Waals surface area contributed by atoms with Gasteiger partial charge in [0.25, 0.3) is 0 Å². The number of ether oxygens (including phenoxy) is 1. The molecule has 3 unspecified atom stereocenters. The van der Waals surface area contributed by atoms with Crippen molar-refractivity contribution in [1.82, 2.24) is 9.97 Å². The van der Waals surface area contributed by atoms with Gasteiger partial charge in [-0.1, -0.05) is 6.42 Å². The van der Waals surface area contributed by atoms with Gasteiger partial charge in [0, 0.05) is 18.8 Å². The second kappa shape index (κ2) is 5.12. The van der Waals surface area contributed by atoms with E-state index in [4.69, 9.17) is 4.74 Å². The van der Waals surface area contributed by atoms with Crippen molar-refractivity contribution in [3.63, 3.8) is 0 Å². The van der Waals surface area contributed by atoms with E-state index in [0.717, 1.165) is 24.3 Å². The van der Waals surface area contributed by atoms with Gasteiger partial charge in [-0.05, 0) is 43.4 Å². The lowest BCUT2D eigenvalue weighted by molar-refractivity contribution is 0.320. The summed E-state index contributed by atoms with van der Waals surface area (Å²) in [6, 6.07) is 1.76.